The van der Waals surface area contributed by atoms with Gasteiger partial charge in [0.2, 0.25) is 11.8 Å². The maximum atomic E-state index is 12.6. The quantitative estimate of drug-likeness (QED) is 0.856. The first-order chi connectivity index (χ1) is 11.7. The van der Waals surface area contributed by atoms with Gasteiger partial charge in [0.15, 0.2) is 0 Å². The monoisotopic (exact) mass is 341 g/mol. The predicted octanol–water partition coefficient (Wildman–Crippen LogP) is 2.09. The normalized spacial score (nSPS) is 22.9. The molecule has 4 heterocycles. The molecule has 2 aromatic rings. The molecule has 0 N–H and O–H groups in total. The summed E-state index contributed by atoms with van der Waals surface area (Å²) < 4.78 is 0. The molecule has 2 saturated heterocycles. The zero-order valence-electron chi connectivity index (χ0n) is 13.3. The number of hydrogen-bond donors (Lipinski definition) is 0. The molecule has 0 aromatic carbocycles. The van der Waals surface area contributed by atoms with Gasteiger partial charge in [-0.25, -0.2) is 0 Å². The molecule has 2 fully saturated rings. The Labute approximate surface area is 144 Å². The van der Waals surface area contributed by atoms with Crippen molar-refractivity contribution >= 4 is 23.2 Å². The molecule has 4 rings (SSSR count). The van der Waals surface area contributed by atoms with Gasteiger partial charge < -0.3 is 9.80 Å². The summed E-state index contributed by atoms with van der Waals surface area (Å²) in [5.41, 5.74) is 1.09. The number of hydrogen-bond acceptors (Lipinski definition) is 4. The van der Waals surface area contributed by atoms with Crippen LogP contribution in [0.3, 0.4) is 0 Å². The smallest absolute Gasteiger partial charge is 0.228 e. The number of nitrogens with zero attached hydrogens (tertiary/aromatic N) is 3. The molecule has 2 aliphatic heterocycles. The van der Waals surface area contributed by atoms with Gasteiger partial charge in [-0.2, -0.15) is 0 Å². The average Bonchev–Trinajstić information content (AvgIpc) is 3.28. The van der Waals surface area contributed by atoms with Crippen LogP contribution in [0.15, 0.2) is 42.0 Å². The lowest BCUT2D eigenvalue weighted by Crippen LogP contribution is -2.40. The lowest BCUT2D eigenvalue weighted by molar-refractivity contribution is -0.131. The maximum absolute atomic E-state index is 12.6. The van der Waals surface area contributed by atoms with Gasteiger partial charge in [0.05, 0.1) is 18.5 Å². The standard InChI is InChI=1S/C18H19N3O2S/c22-17(10-14-2-1-9-24-14)20-8-5-15-16(20)11-18(23)21(15)12-13-3-6-19-7-4-13/h1-4,6-7,9,15-16H,5,8,10-12H2/t15-,16+/m1/s1. The molecule has 0 spiro atoms. The number of carbonyl (C=O) groups excluding carboxylic acids is 2. The summed E-state index contributed by atoms with van der Waals surface area (Å²) in [7, 11) is 0. The molecule has 24 heavy (non-hydrogen) atoms. The number of rotatable bonds is 4. The minimum atomic E-state index is 0.0341. The van der Waals surface area contributed by atoms with Crippen LogP contribution < -0.4 is 0 Å². The van der Waals surface area contributed by atoms with Gasteiger partial charge in [0.1, 0.15) is 0 Å². The number of fused-ring (bicyclic) bond motifs is 1. The summed E-state index contributed by atoms with van der Waals surface area (Å²) in [6.45, 7) is 1.36. The van der Waals surface area contributed by atoms with E-state index in [9.17, 15) is 9.59 Å². The van der Waals surface area contributed by atoms with Crippen molar-refractivity contribution in [2.24, 2.45) is 0 Å². The van der Waals surface area contributed by atoms with E-state index < -0.39 is 0 Å². The molecule has 0 bridgehead atoms. The summed E-state index contributed by atoms with van der Waals surface area (Å²) in [5.74, 6) is 0.291. The molecule has 2 aromatic heterocycles. The molecule has 0 radical (unpaired) electrons. The van der Waals surface area contributed by atoms with Crippen molar-refractivity contribution in [1.82, 2.24) is 14.8 Å². The zero-order chi connectivity index (χ0) is 16.5. The van der Waals surface area contributed by atoms with E-state index >= 15 is 0 Å². The third-order valence-electron chi connectivity index (χ3n) is 4.94. The van der Waals surface area contributed by atoms with Crippen LogP contribution in [0.4, 0.5) is 0 Å². The second-order valence-electron chi connectivity index (χ2n) is 6.35. The van der Waals surface area contributed by atoms with Crippen LogP contribution in [0.2, 0.25) is 0 Å². The molecular weight excluding hydrogens is 322 g/mol. The van der Waals surface area contributed by atoms with Gasteiger partial charge in [0.25, 0.3) is 0 Å². The number of thiophene rings is 1. The number of amides is 2. The summed E-state index contributed by atoms with van der Waals surface area (Å²) in [4.78, 5) is 34.0. The number of likely N-dealkylation sites (tertiary alicyclic amines) is 2. The first-order valence-electron chi connectivity index (χ1n) is 8.22. The average molecular weight is 341 g/mol. The Morgan fingerprint density at radius 1 is 1.25 bits per heavy atom. The third kappa shape index (κ3) is 2.82. The number of carbonyl (C=O) groups is 2. The first-order valence-corrected chi connectivity index (χ1v) is 9.10. The Morgan fingerprint density at radius 3 is 2.83 bits per heavy atom. The van der Waals surface area contributed by atoms with E-state index in [1.807, 2.05) is 39.4 Å². The van der Waals surface area contributed by atoms with Crippen molar-refractivity contribution < 1.29 is 9.59 Å². The molecule has 0 unspecified atom stereocenters. The highest BCUT2D eigenvalue weighted by atomic mass is 32.1. The summed E-state index contributed by atoms with van der Waals surface area (Å²) >= 11 is 1.61. The van der Waals surface area contributed by atoms with E-state index in [1.54, 1.807) is 23.7 Å². The number of pyridine rings is 1. The minimum Gasteiger partial charge on any atom is -0.337 e. The minimum absolute atomic E-state index is 0.0341. The SMILES string of the molecule is O=C1C[C@H]2[C@@H](CCN2C(=O)Cc2cccs2)N1Cc1ccncc1. The van der Waals surface area contributed by atoms with E-state index in [4.69, 9.17) is 0 Å². The molecule has 2 atom stereocenters. The van der Waals surface area contributed by atoms with Gasteiger partial charge in [0, 0.05) is 36.8 Å². The Morgan fingerprint density at radius 2 is 2.08 bits per heavy atom. The van der Waals surface area contributed by atoms with Crippen molar-refractivity contribution in [2.45, 2.75) is 37.9 Å². The van der Waals surface area contributed by atoms with Crippen LogP contribution in [0.1, 0.15) is 23.3 Å². The van der Waals surface area contributed by atoms with Crippen molar-refractivity contribution in [1.29, 1.82) is 0 Å². The van der Waals surface area contributed by atoms with Crippen LogP contribution in [0.5, 0.6) is 0 Å². The van der Waals surface area contributed by atoms with E-state index in [1.165, 1.54) is 0 Å². The highest BCUT2D eigenvalue weighted by Gasteiger charge is 2.47. The highest BCUT2D eigenvalue weighted by Crippen LogP contribution is 2.34. The Balaban J connectivity index is 1.46. The van der Waals surface area contributed by atoms with Crippen molar-refractivity contribution in [2.75, 3.05) is 6.54 Å². The Hall–Kier alpha value is -2.21. The summed E-state index contributed by atoms with van der Waals surface area (Å²) in [6, 6.07) is 8.02. The molecule has 5 nitrogen and oxygen atoms in total. The van der Waals surface area contributed by atoms with E-state index in [0.717, 1.165) is 23.4 Å². The van der Waals surface area contributed by atoms with E-state index in [-0.39, 0.29) is 23.9 Å². The summed E-state index contributed by atoms with van der Waals surface area (Å²) in [6.07, 6.45) is 5.26. The lowest BCUT2D eigenvalue weighted by Gasteiger charge is -2.25. The third-order valence-corrected chi connectivity index (χ3v) is 5.82. The Kier molecular flexibility index (Phi) is 4.06. The molecule has 124 valence electrons. The topological polar surface area (TPSA) is 53.5 Å². The van der Waals surface area contributed by atoms with Crippen LogP contribution >= 0.6 is 11.3 Å². The van der Waals surface area contributed by atoms with Crippen molar-refractivity contribution in [3.8, 4) is 0 Å². The maximum Gasteiger partial charge on any atom is 0.228 e. The second-order valence-corrected chi connectivity index (χ2v) is 7.38. The second kappa shape index (κ2) is 6.36. The van der Waals surface area contributed by atoms with E-state index in [2.05, 4.69) is 4.98 Å². The van der Waals surface area contributed by atoms with Crippen molar-refractivity contribution in [3.05, 3.63) is 52.5 Å². The molecule has 2 aliphatic rings. The predicted molar refractivity (Wildman–Crippen MR) is 91.3 cm³/mol. The molecule has 0 saturated carbocycles. The van der Waals surface area contributed by atoms with Gasteiger partial charge in [-0.3, -0.25) is 14.6 Å². The van der Waals surface area contributed by atoms with Crippen LogP contribution in [-0.2, 0) is 22.6 Å². The molecule has 2 amide bonds. The molecular formula is C18H19N3O2S. The first kappa shape index (κ1) is 15.3. The van der Waals surface area contributed by atoms with E-state index in [0.29, 0.717) is 19.4 Å². The van der Waals surface area contributed by atoms with Crippen LogP contribution in [0.25, 0.3) is 0 Å². The fourth-order valence-electron chi connectivity index (χ4n) is 3.79. The lowest BCUT2D eigenvalue weighted by atomic mass is 10.1. The fraction of sp³-hybridized carbons (Fsp3) is 0.389. The number of aromatic nitrogens is 1. The van der Waals surface area contributed by atoms with Gasteiger partial charge in [-0.05, 0) is 35.6 Å². The van der Waals surface area contributed by atoms with Gasteiger partial charge in [-0.1, -0.05) is 6.07 Å². The van der Waals surface area contributed by atoms with Gasteiger partial charge >= 0.3 is 0 Å². The van der Waals surface area contributed by atoms with Crippen LogP contribution in [0, 0.1) is 0 Å². The Bertz CT molecular complexity index is 732. The van der Waals surface area contributed by atoms with Crippen molar-refractivity contribution in [3.63, 3.8) is 0 Å². The summed E-state index contributed by atoms with van der Waals surface area (Å²) in [5, 5.41) is 1.99. The highest BCUT2D eigenvalue weighted by molar-refractivity contribution is 7.10. The fourth-order valence-corrected chi connectivity index (χ4v) is 4.49. The van der Waals surface area contributed by atoms with Gasteiger partial charge in [-0.15, -0.1) is 11.3 Å². The van der Waals surface area contributed by atoms with Crippen LogP contribution in [-0.4, -0.2) is 45.2 Å². The molecule has 0 aliphatic carbocycles. The zero-order valence-corrected chi connectivity index (χ0v) is 14.1. The molecule has 6 heteroatoms. The largest absolute Gasteiger partial charge is 0.337 e.